The van der Waals surface area contributed by atoms with Crippen molar-refractivity contribution in [3.63, 3.8) is 0 Å². The molecule has 0 unspecified atom stereocenters. The van der Waals surface area contributed by atoms with E-state index < -0.39 is 8.07 Å². The molecule has 0 amide bonds. The minimum Gasteiger partial charge on any atom is -0.395 e. The molecule has 0 aliphatic rings. The van der Waals surface area contributed by atoms with Crippen LogP contribution < -0.4 is 0 Å². The minimum atomic E-state index is -1.12. The number of nitrogens with zero attached hydrogens (tertiary/aromatic N) is 1. The predicted molar refractivity (Wildman–Crippen MR) is 75.5 cm³/mol. The van der Waals surface area contributed by atoms with Crippen molar-refractivity contribution in [1.29, 1.82) is 0 Å². The van der Waals surface area contributed by atoms with Crippen molar-refractivity contribution in [2.75, 3.05) is 19.7 Å². The van der Waals surface area contributed by atoms with Crippen LogP contribution in [0.1, 0.15) is 27.7 Å². The maximum absolute atomic E-state index is 9.09. The summed E-state index contributed by atoms with van der Waals surface area (Å²) >= 11 is 0. The second-order valence-electron chi connectivity index (χ2n) is 6.67. The van der Waals surface area contributed by atoms with Crippen molar-refractivity contribution in [3.8, 4) is 0 Å². The summed E-state index contributed by atoms with van der Waals surface area (Å²) < 4.78 is 0. The molecule has 0 atom stereocenters. The van der Waals surface area contributed by atoms with Gasteiger partial charge in [0, 0.05) is 18.6 Å². The van der Waals surface area contributed by atoms with E-state index in [1.165, 1.54) is 5.57 Å². The molecule has 0 heterocycles. The van der Waals surface area contributed by atoms with E-state index in [-0.39, 0.29) is 12.1 Å². The fourth-order valence-electron chi connectivity index (χ4n) is 1.86. The third-order valence-electron chi connectivity index (χ3n) is 2.44. The quantitative estimate of drug-likeness (QED) is 0.751. The van der Waals surface area contributed by atoms with E-state index >= 15 is 0 Å². The first-order valence-corrected chi connectivity index (χ1v) is 9.68. The van der Waals surface area contributed by atoms with Crippen LogP contribution in [0.25, 0.3) is 0 Å². The van der Waals surface area contributed by atoms with Crippen LogP contribution in [-0.2, 0) is 0 Å². The van der Waals surface area contributed by atoms with Crippen LogP contribution in [0.15, 0.2) is 11.3 Å². The number of β-amino-alcohol motifs (C(OH)–C–C–N with tert-alkyl or cyclic N) is 1. The van der Waals surface area contributed by atoms with Gasteiger partial charge in [0.15, 0.2) is 0 Å². The van der Waals surface area contributed by atoms with E-state index in [4.69, 9.17) is 5.11 Å². The Balaban J connectivity index is 4.59. The van der Waals surface area contributed by atoms with Crippen molar-refractivity contribution >= 4 is 8.07 Å². The molecular weight excluding hydrogens is 214 g/mol. The average molecular weight is 243 g/mol. The number of aliphatic hydroxyl groups excluding tert-OH is 1. The number of rotatable bonds is 5. The van der Waals surface area contributed by atoms with Gasteiger partial charge in [-0.05, 0) is 27.7 Å². The van der Waals surface area contributed by atoms with Gasteiger partial charge in [-0.3, -0.25) is 4.90 Å². The van der Waals surface area contributed by atoms with Gasteiger partial charge >= 0.3 is 0 Å². The lowest BCUT2D eigenvalue weighted by atomic mass is 10.1. The van der Waals surface area contributed by atoms with E-state index in [2.05, 4.69) is 57.9 Å². The summed E-state index contributed by atoms with van der Waals surface area (Å²) in [7, 11) is -1.12. The van der Waals surface area contributed by atoms with Crippen molar-refractivity contribution < 1.29 is 5.11 Å². The third-order valence-corrected chi connectivity index (χ3v) is 3.80. The summed E-state index contributed by atoms with van der Waals surface area (Å²) in [4.78, 5) is 2.33. The van der Waals surface area contributed by atoms with Crippen LogP contribution in [0.4, 0.5) is 0 Å². The maximum Gasteiger partial charge on any atom is 0.0686 e. The topological polar surface area (TPSA) is 23.5 Å². The van der Waals surface area contributed by atoms with Crippen molar-refractivity contribution in [2.45, 2.75) is 52.9 Å². The van der Waals surface area contributed by atoms with Gasteiger partial charge in [0.25, 0.3) is 0 Å². The van der Waals surface area contributed by atoms with Crippen LogP contribution in [0.5, 0.6) is 0 Å². The number of aliphatic hydroxyl groups is 1. The molecular formula is C13H29NOSi. The average Bonchev–Trinajstić information content (AvgIpc) is 1.97. The lowest BCUT2D eigenvalue weighted by molar-refractivity contribution is 0.117. The molecule has 0 aliphatic carbocycles. The van der Waals surface area contributed by atoms with Gasteiger partial charge < -0.3 is 5.11 Å². The summed E-state index contributed by atoms with van der Waals surface area (Å²) in [5.74, 6) is 0. The molecule has 0 fully saturated rings. The highest BCUT2D eigenvalue weighted by Gasteiger charge is 2.21. The fraction of sp³-hybridized carbons (Fsp3) is 0.846. The zero-order valence-electron chi connectivity index (χ0n) is 12.1. The lowest BCUT2D eigenvalue weighted by Crippen LogP contribution is -2.44. The second-order valence-corrected chi connectivity index (χ2v) is 11.7. The van der Waals surface area contributed by atoms with E-state index in [0.717, 1.165) is 13.1 Å². The van der Waals surface area contributed by atoms with Crippen molar-refractivity contribution in [1.82, 2.24) is 4.90 Å². The maximum atomic E-state index is 9.09. The highest BCUT2D eigenvalue weighted by atomic mass is 28.3. The summed E-state index contributed by atoms with van der Waals surface area (Å²) in [6.07, 6.45) is 0. The van der Waals surface area contributed by atoms with Crippen LogP contribution >= 0.6 is 0 Å². The fourth-order valence-corrected chi connectivity index (χ4v) is 3.43. The first kappa shape index (κ1) is 15.9. The van der Waals surface area contributed by atoms with E-state index in [1.54, 1.807) is 0 Å². The predicted octanol–water partition coefficient (Wildman–Crippen LogP) is 2.90. The molecule has 1 N–H and O–H groups in total. The first-order valence-electron chi connectivity index (χ1n) is 6.10. The Kier molecular flexibility index (Phi) is 5.94. The molecule has 0 aliphatic heterocycles. The molecule has 3 heteroatoms. The molecule has 0 aromatic heterocycles. The van der Waals surface area contributed by atoms with Gasteiger partial charge in [-0.2, -0.15) is 0 Å². The Labute approximate surface area is 102 Å². The Morgan fingerprint density at radius 1 is 1.25 bits per heavy atom. The number of hydrogen-bond acceptors (Lipinski definition) is 2. The largest absolute Gasteiger partial charge is 0.395 e. The minimum absolute atomic E-state index is 0.122. The highest BCUT2D eigenvalue weighted by Crippen LogP contribution is 2.16. The summed E-state index contributed by atoms with van der Waals surface area (Å²) in [5.41, 5.74) is 4.00. The van der Waals surface area contributed by atoms with Gasteiger partial charge in [0.05, 0.1) is 14.7 Å². The Bertz CT molecular complexity index is 235. The van der Waals surface area contributed by atoms with Crippen molar-refractivity contribution in [3.05, 3.63) is 11.3 Å². The molecule has 0 spiro atoms. The first-order chi connectivity index (χ1) is 7.06. The van der Waals surface area contributed by atoms with Crippen LogP contribution in [0, 0.1) is 0 Å². The Hall–Kier alpha value is -0.123. The second kappa shape index (κ2) is 5.99. The molecule has 0 aromatic rings. The van der Waals surface area contributed by atoms with Gasteiger partial charge in [0.1, 0.15) is 0 Å². The molecule has 16 heavy (non-hydrogen) atoms. The smallest absolute Gasteiger partial charge is 0.0686 e. The van der Waals surface area contributed by atoms with Crippen LogP contribution in [0.3, 0.4) is 0 Å². The Morgan fingerprint density at radius 2 is 1.75 bits per heavy atom. The molecule has 0 aromatic carbocycles. The van der Waals surface area contributed by atoms with Gasteiger partial charge in [0.2, 0.25) is 0 Å². The monoisotopic (exact) mass is 243 g/mol. The molecule has 96 valence electrons. The molecule has 2 nitrogen and oxygen atoms in total. The van der Waals surface area contributed by atoms with E-state index in [0.29, 0.717) is 0 Å². The van der Waals surface area contributed by atoms with Gasteiger partial charge in [-0.1, -0.05) is 30.9 Å². The molecule has 0 bridgehead atoms. The summed E-state index contributed by atoms with van der Waals surface area (Å²) in [6, 6.07) is 0. The highest BCUT2D eigenvalue weighted by molar-refractivity contribution is 6.81. The molecule has 0 rings (SSSR count). The Morgan fingerprint density at radius 3 is 2.06 bits per heavy atom. The van der Waals surface area contributed by atoms with E-state index in [9.17, 15) is 0 Å². The van der Waals surface area contributed by atoms with Gasteiger partial charge in [-0.15, -0.1) is 0 Å². The summed E-state index contributed by atoms with van der Waals surface area (Å²) in [5, 5.41) is 9.09. The van der Waals surface area contributed by atoms with Crippen LogP contribution in [-0.4, -0.2) is 43.3 Å². The lowest BCUT2D eigenvalue weighted by Gasteiger charge is -2.35. The van der Waals surface area contributed by atoms with Crippen LogP contribution in [0.2, 0.25) is 19.6 Å². The van der Waals surface area contributed by atoms with E-state index in [1.807, 2.05) is 0 Å². The molecule has 0 saturated heterocycles. The number of hydrogen-bond donors (Lipinski definition) is 1. The third kappa shape index (κ3) is 7.20. The standard InChI is InChI=1S/C13H29NOSi/c1-12(11-16(5,6)7)10-14(8-9-15)13(2,3)4/h11,15H,8-10H2,1-7H3/b12-11+. The summed E-state index contributed by atoms with van der Waals surface area (Å²) in [6.45, 7) is 17.8. The normalized spacial score (nSPS) is 14.7. The van der Waals surface area contributed by atoms with Crippen molar-refractivity contribution in [2.24, 2.45) is 0 Å². The molecule has 0 saturated carbocycles. The molecule has 0 radical (unpaired) electrons. The zero-order valence-corrected chi connectivity index (χ0v) is 13.1. The SMILES string of the molecule is C/C(=C\[Si](C)(C)C)CN(CCO)C(C)(C)C. The van der Waals surface area contributed by atoms with Gasteiger partial charge in [-0.25, -0.2) is 0 Å². The zero-order chi connectivity index (χ0) is 13.0.